The van der Waals surface area contributed by atoms with E-state index < -0.39 is 34.9 Å². The van der Waals surface area contributed by atoms with Crippen LogP contribution >= 0.6 is 23.1 Å². The second-order valence-corrected chi connectivity index (χ2v) is 10.5. The summed E-state index contributed by atoms with van der Waals surface area (Å²) >= 11 is 2.32. The van der Waals surface area contributed by atoms with Gasteiger partial charge in [0.05, 0.1) is 0 Å². The lowest BCUT2D eigenvalue weighted by Gasteiger charge is -2.49. The van der Waals surface area contributed by atoms with Crippen LogP contribution in [0.1, 0.15) is 17.7 Å². The summed E-state index contributed by atoms with van der Waals surface area (Å²) in [6, 6.07) is 2.51. The Bertz CT molecular complexity index is 1430. The summed E-state index contributed by atoms with van der Waals surface area (Å²) in [6.45, 7) is 0.440. The van der Waals surface area contributed by atoms with Crippen molar-refractivity contribution >= 4 is 57.6 Å². The lowest BCUT2D eigenvalue weighted by Crippen LogP contribution is -2.71. The summed E-state index contributed by atoms with van der Waals surface area (Å²) < 4.78 is 0. The van der Waals surface area contributed by atoms with Crippen LogP contribution in [0.2, 0.25) is 0 Å². The topological polar surface area (TPSA) is 200 Å². The summed E-state index contributed by atoms with van der Waals surface area (Å²) in [6.07, 6.45) is 3.94. The van der Waals surface area contributed by atoms with Gasteiger partial charge in [-0.1, -0.05) is 5.16 Å². The molecule has 3 amide bonds. The predicted octanol–water partition coefficient (Wildman–Crippen LogP) is 0.0964. The van der Waals surface area contributed by atoms with Crippen molar-refractivity contribution in [3.05, 3.63) is 63.6 Å². The normalized spacial score (nSPS) is 22.5. The summed E-state index contributed by atoms with van der Waals surface area (Å²) in [7, 11) is 0. The number of carbonyl (C=O) groups excluding carboxylic acids is 3. The number of thiazole rings is 1. The fraction of sp³-hybridized carbons (Fsp3) is 0.261. The van der Waals surface area contributed by atoms with Gasteiger partial charge in [0, 0.05) is 35.6 Å². The van der Waals surface area contributed by atoms with Crippen LogP contribution in [0.3, 0.4) is 0 Å². The number of amides is 3. The van der Waals surface area contributed by atoms with Crippen LogP contribution in [0.25, 0.3) is 0 Å². The first-order chi connectivity index (χ1) is 18.3. The van der Waals surface area contributed by atoms with Crippen molar-refractivity contribution in [3.63, 3.8) is 0 Å². The van der Waals surface area contributed by atoms with E-state index in [4.69, 9.17) is 5.73 Å². The molecule has 0 aromatic carbocycles. The molecule has 2 atom stereocenters. The number of carbonyl (C=O) groups is 4. The van der Waals surface area contributed by atoms with Gasteiger partial charge in [-0.2, -0.15) is 0 Å². The zero-order chi connectivity index (χ0) is 27.0. The number of nitrogens with zero attached hydrogens (tertiary/aromatic N) is 4. The molecular formula is C23H21N7O6S2. The van der Waals surface area contributed by atoms with Crippen LogP contribution in [0.15, 0.2) is 57.5 Å². The zero-order valence-electron chi connectivity index (χ0n) is 19.6. The largest absolute Gasteiger partial charge is 0.477 e. The monoisotopic (exact) mass is 555 g/mol. The maximum atomic E-state index is 13.2. The highest BCUT2D eigenvalue weighted by molar-refractivity contribution is 8.00. The Balaban J connectivity index is 1.45. The van der Waals surface area contributed by atoms with E-state index in [9.17, 15) is 29.5 Å². The summed E-state index contributed by atoms with van der Waals surface area (Å²) in [5, 5.41) is 28.7. The zero-order valence-corrected chi connectivity index (χ0v) is 21.2. The maximum Gasteiger partial charge on any atom is 0.352 e. The van der Waals surface area contributed by atoms with Gasteiger partial charge in [0.1, 0.15) is 22.8 Å². The highest BCUT2D eigenvalue weighted by atomic mass is 32.2. The number of anilines is 1. The SMILES string of the molecule is Nc1nc(C(=NO)C(=O)N[C@@H]2C(=O)N3C(C(=O)O)=C(C(Cc4ccncc4)=C4CCNC4=O)CS[C@H]23)cs1. The minimum Gasteiger partial charge on any atom is -0.477 e. The van der Waals surface area contributed by atoms with E-state index in [1.54, 1.807) is 24.5 Å². The summed E-state index contributed by atoms with van der Waals surface area (Å²) in [5.74, 6) is -2.87. The molecule has 196 valence electrons. The summed E-state index contributed by atoms with van der Waals surface area (Å²) in [5.41, 5.74) is 7.26. The van der Waals surface area contributed by atoms with Crippen molar-refractivity contribution in [2.24, 2.45) is 5.16 Å². The molecule has 0 radical (unpaired) electrons. The van der Waals surface area contributed by atoms with E-state index in [-0.39, 0.29) is 34.6 Å². The number of pyridine rings is 1. The molecule has 6 N–H and O–H groups in total. The Hall–Kier alpha value is -4.24. The number of carboxylic acids is 1. The fourth-order valence-corrected chi connectivity index (χ4v) is 6.51. The van der Waals surface area contributed by atoms with Gasteiger partial charge in [-0.3, -0.25) is 24.3 Å². The second-order valence-electron chi connectivity index (χ2n) is 8.51. The Kier molecular flexibility index (Phi) is 6.86. The Labute approximate surface area is 223 Å². The third kappa shape index (κ3) is 4.50. The van der Waals surface area contributed by atoms with E-state index >= 15 is 0 Å². The molecule has 2 saturated heterocycles. The summed E-state index contributed by atoms with van der Waals surface area (Å²) in [4.78, 5) is 60.1. The Morgan fingerprint density at radius 1 is 1.29 bits per heavy atom. The number of oxime groups is 1. The molecule has 3 aliphatic heterocycles. The van der Waals surface area contributed by atoms with Crippen LogP contribution in [-0.4, -0.2) is 78.3 Å². The molecule has 0 aliphatic carbocycles. The first-order valence-corrected chi connectivity index (χ1v) is 13.3. The average molecular weight is 556 g/mol. The van der Waals surface area contributed by atoms with E-state index in [2.05, 4.69) is 25.8 Å². The van der Waals surface area contributed by atoms with Crippen molar-refractivity contribution in [2.75, 3.05) is 18.0 Å². The Morgan fingerprint density at radius 2 is 2.05 bits per heavy atom. The first-order valence-electron chi connectivity index (χ1n) is 11.3. The number of nitrogen functional groups attached to an aromatic ring is 1. The number of hydrogen-bond donors (Lipinski definition) is 5. The van der Waals surface area contributed by atoms with Crippen molar-refractivity contribution < 1.29 is 29.5 Å². The van der Waals surface area contributed by atoms with Crippen molar-refractivity contribution in [1.82, 2.24) is 25.5 Å². The predicted molar refractivity (Wildman–Crippen MR) is 137 cm³/mol. The molecule has 3 aliphatic rings. The quantitative estimate of drug-likeness (QED) is 0.103. The number of thioether (sulfide) groups is 1. The number of nitrogens with one attached hydrogen (secondary N) is 2. The van der Waals surface area contributed by atoms with Gasteiger partial charge < -0.3 is 26.7 Å². The van der Waals surface area contributed by atoms with Gasteiger partial charge in [-0.25, -0.2) is 9.78 Å². The highest BCUT2D eigenvalue weighted by Gasteiger charge is 2.55. The number of hydrogen-bond acceptors (Lipinski definition) is 11. The smallest absolute Gasteiger partial charge is 0.352 e. The van der Waals surface area contributed by atoms with E-state index in [0.29, 0.717) is 29.7 Å². The average Bonchev–Trinajstić information content (AvgIpc) is 3.53. The molecule has 13 nitrogen and oxygen atoms in total. The third-order valence-corrected chi connectivity index (χ3v) is 8.28. The number of aliphatic carboxylic acids is 1. The van der Waals surface area contributed by atoms with Crippen molar-refractivity contribution in [2.45, 2.75) is 24.3 Å². The molecule has 2 aromatic heterocycles. The molecule has 38 heavy (non-hydrogen) atoms. The van der Waals surface area contributed by atoms with E-state index in [0.717, 1.165) is 21.8 Å². The second kappa shape index (κ2) is 10.3. The molecule has 2 fully saturated rings. The van der Waals surface area contributed by atoms with Crippen LogP contribution in [-0.2, 0) is 25.6 Å². The van der Waals surface area contributed by atoms with Crippen LogP contribution in [0.5, 0.6) is 0 Å². The number of carboxylic acid groups (broad SMARTS) is 1. The van der Waals surface area contributed by atoms with Gasteiger partial charge in [0.25, 0.3) is 11.8 Å². The first kappa shape index (κ1) is 25.4. The number of rotatable bonds is 7. The van der Waals surface area contributed by atoms with E-state index in [1.807, 2.05) is 0 Å². The van der Waals surface area contributed by atoms with Gasteiger partial charge >= 0.3 is 5.97 Å². The van der Waals surface area contributed by atoms with Crippen LogP contribution < -0.4 is 16.4 Å². The van der Waals surface area contributed by atoms with Gasteiger partial charge in [-0.05, 0) is 41.7 Å². The molecule has 15 heteroatoms. The van der Waals surface area contributed by atoms with Gasteiger partial charge in [0.15, 0.2) is 10.8 Å². The fourth-order valence-electron chi connectivity index (χ4n) is 4.58. The highest BCUT2D eigenvalue weighted by Crippen LogP contribution is 2.43. The molecule has 2 aromatic rings. The molecule has 5 rings (SSSR count). The minimum atomic E-state index is -1.31. The lowest BCUT2D eigenvalue weighted by atomic mass is 9.90. The van der Waals surface area contributed by atoms with Crippen LogP contribution in [0.4, 0.5) is 5.13 Å². The number of aromatic nitrogens is 2. The third-order valence-electron chi connectivity index (χ3n) is 6.33. The van der Waals surface area contributed by atoms with Crippen molar-refractivity contribution in [1.29, 1.82) is 0 Å². The molecular weight excluding hydrogens is 534 g/mol. The lowest BCUT2D eigenvalue weighted by molar-refractivity contribution is -0.150. The minimum absolute atomic E-state index is 0.0445. The standard InChI is InChI=1S/C23H21N7O6S2/c24-23-27-14(9-38-23)15(29-36)19(32)28-16-20(33)30-17(22(34)35)13(8-37-21(16)30)12(11-3-6-26-18(11)31)7-10-1-4-25-5-2-10/h1-2,4-5,9,16,21,36H,3,6-8H2,(H2,24,27)(H,26,31)(H,28,32)(H,34,35)/t16-,21-/m1/s1. The van der Waals surface area contributed by atoms with Crippen molar-refractivity contribution in [3.8, 4) is 0 Å². The van der Waals surface area contributed by atoms with Gasteiger partial charge in [0.2, 0.25) is 5.91 Å². The molecule has 0 bridgehead atoms. The number of β-lactam (4-membered cyclic amide) rings is 1. The number of nitrogens with two attached hydrogens (primary N) is 1. The Morgan fingerprint density at radius 3 is 2.66 bits per heavy atom. The molecule has 5 heterocycles. The van der Waals surface area contributed by atoms with E-state index in [1.165, 1.54) is 17.1 Å². The number of fused-ring (bicyclic) bond motifs is 1. The number of allylic oxidation sites excluding steroid dienone is 1. The van der Waals surface area contributed by atoms with Gasteiger partial charge in [-0.15, -0.1) is 23.1 Å². The molecule has 0 unspecified atom stereocenters. The van der Waals surface area contributed by atoms with Crippen LogP contribution in [0, 0.1) is 0 Å². The maximum absolute atomic E-state index is 13.2. The molecule has 0 spiro atoms. The molecule has 0 saturated carbocycles.